The van der Waals surface area contributed by atoms with Crippen LogP contribution in [-0.2, 0) is 0 Å². The number of nitrogens with zero attached hydrogens (tertiary/aromatic N) is 3. The van der Waals surface area contributed by atoms with Gasteiger partial charge in [0, 0.05) is 29.0 Å². The molecule has 1 unspecified atom stereocenters. The maximum absolute atomic E-state index is 5.19. The highest BCUT2D eigenvalue weighted by atomic mass is 32.1. The van der Waals surface area contributed by atoms with Gasteiger partial charge in [0.15, 0.2) is 0 Å². The van der Waals surface area contributed by atoms with Gasteiger partial charge in [0.05, 0.1) is 19.5 Å². The second-order valence-electron chi connectivity index (χ2n) is 4.73. The summed E-state index contributed by atoms with van der Waals surface area (Å²) in [6.07, 6.45) is 8.66. The first-order valence-corrected chi connectivity index (χ1v) is 7.71. The number of thiazole rings is 1. The van der Waals surface area contributed by atoms with Crippen LogP contribution in [0.4, 0.5) is 0 Å². The Labute approximate surface area is 128 Å². The summed E-state index contributed by atoms with van der Waals surface area (Å²) in [5.74, 6) is 0.861. The van der Waals surface area contributed by atoms with E-state index in [2.05, 4.69) is 21.5 Å². The molecule has 5 heteroatoms. The average Bonchev–Trinajstić information content (AvgIpc) is 3.20. The van der Waals surface area contributed by atoms with E-state index in [-0.39, 0.29) is 0 Å². The molecule has 1 aromatic carbocycles. The van der Waals surface area contributed by atoms with Crippen molar-refractivity contribution in [1.29, 1.82) is 0 Å². The fourth-order valence-electron chi connectivity index (χ4n) is 2.32. The highest BCUT2D eigenvalue weighted by Gasteiger charge is 2.15. The molecule has 0 saturated heterocycles. The number of aromatic nitrogens is 3. The molecule has 0 radical (unpaired) electrons. The lowest BCUT2D eigenvalue weighted by Crippen LogP contribution is -2.05. The fourth-order valence-corrected chi connectivity index (χ4v) is 3.43. The molecular weight excluding hydrogens is 282 g/mol. The zero-order chi connectivity index (χ0) is 14.7. The van der Waals surface area contributed by atoms with Crippen LogP contribution in [0.2, 0.25) is 0 Å². The highest BCUT2D eigenvalue weighted by Crippen LogP contribution is 2.32. The molecule has 0 fully saturated rings. The topological polar surface area (TPSA) is 39.9 Å². The molecule has 21 heavy (non-hydrogen) atoms. The zero-order valence-electron chi connectivity index (χ0n) is 12.1. The van der Waals surface area contributed by atoms with Gasteiger partial charge in [0.1, 0.15) is 10.8 Å². The third-order valence-corrected chi connectivity index (χ3v) is 4.61. The Kier molecular flexibility index (Phi) is 4.01. The van der Waals surface area contributed by atoms with Crippen LogP contribution >= 0.6 is 11.3 Å². The van der Waals surface area contributed by atoms with Crippen molar-refractivity contribution in [2.75, 3.05) is 7.11 Å². The van der Waals surface area contributed by atoms with Crippen molar-refractivity contribution >= 4 is 11.3 Å². The lowest BCUT2D eigenvalue weighted by molar-refractivity contribution is 0.415. The lowest BCUT2D eigenvalue weighted by atomic mass is 10.2. The molecule has 2 heterocycles. The fraction of sp³-hybridized carbons (Fsp3) is 0.250. The van der Waals surface area contributed by atoms with Crippen LogP contribution in [0.25, 0.3) is 10.6 Å². The first-order valence-electron chi connectivity index (χ1n) is 6.89. The summed E-state index contributed by atoms with van der Waals surface area (Å²) >= 11 is 1.73. The molecular formula is C16H17N3OS. The van der Waals surface area contributed by atoms with E-state index in [0.29, 0.717) is 6.04 Å². The van der Waals surface area contributed by atoms with Crippen molar-refractivity contribution in [3.63, 3.8) is 0 Å². The van der Waals surface area contributed by atoms with E-state index in [9.17, 15) is 0 Å². The summed E-state index contributed by atoms with van der Waals surface area (Å²) in [7, 11) is 1.67. The van der Waals surface area contributed by atoms with Gasteiger partial charge in [-0.3, -0.25) is 0 Å². The minimum Gasteiger partial charge on any atom is -0.497 e. The predicted octanol–water partition coefficient (Wildman–Crippen LogP) is 4.01. The van der Waals surface area contributed by atoms with Gasteiger partial charge in [-0.15, -0.1) is 11.3 Å². The first-order chi connectivity index (χ1) is 10.3. The normalized spacial score (nSPS) is 12.3. The number of ether oxygens (including phenoxy) is 1. The van der Waals surface area contributed by atoms with E-state index in [1.807, 2.05) is 49.2 Å². The third kappa shape index (κ3) is 2.83. The van der Waals surface area contributed by atoms with E-state index in [0.717, 1.165) is 22.7 Å². The monoisotopic (exact) mass is 299 g/mol. The SMILES string of the molecule is CCC(c1cnc(-c2ccc(OC)cc2)s1)n1ccnc1. The van der Waals surface area contributed by atoms with E-state index in [4.69, 9.17) is 4.74 Å². The number of imidazole rings is 1. The molecule has 3 rings (SSSR count). The van der Waals surface area contributed by atoms with Crippen LogP contribution < -0.4 is 4.74 Å². The summed E-state index contributed by atoms with van der Waals surface area (Å²) in [4.78, 5) is 9.95. The van der Waals surface area contributed by atoms with Crippen LogP contribution in [0.1, 0.15) is 24.3 Å². The molecule has 0 saturated carbocycles. The first kappa shape index (κ1) is 13.8. The number of rotatable bonds is 5. The Morgan fingerprint density at radius 2 is 2.10 bits per heavy atom. The van der Waals surface area contributed by atoms with Crippen molar-refractivity contribution in [3.8, 4) is 16.3 Å². The number of hydrogen-bond donors (Lipinski definition) is 0. The van der Waals surface area contributed by atoms with Crippen LogP contribution in [0.3, 0.4) is 0 Å². The lowest BCUT2D eigenvalue weighted by Gasteiger charge is -2.13. The molecule has 108 valence electrons. The van der Waals surface area contributed by atoms with Gasteiger partial charge in [-0.1, -0.05) is 6.92 Å². The second kappa shape index (κ2) is 6.10. The Bertz CT molecular complexity index is 689. The summed E-state index contributed by atoms with van der Waals surface area (Å²) in [6, 6.07) is 8.31. The molecule has 0 amide bonds. The largest absolute Gasteiger partial charge is 0.497 e. The average molecular weight is 299 g/mol. The van der Waals surface area contributed by atoms with Gasteiger partial charge >= 0.3 is 0 Å². The smallest absolute Gasteiger partial charge is 0.123 e. The van der Waals surface area contributed by atoms with Crippen molar-refractivity contribution in [2.45, 2.75) is 19.4 Å². The summed E-state index contributed by atoms with van der Waals surface area (Å²) in [5.41, 5.74) is 1.12. The zero-order valence-corrected chi connectivity index (χ0v) is 12.9. The molecule has 0 N–H and O–H groups in total. The molecule has 0 bridgehead atoms. The van der Waals surface area contributed by atoms with Gasteiger partial charge in [-0.25, -0.2) is 9.97 Å². The van der Waals surface area contributed by atoms with E-state index in [1.165, 1.54) is 4.88 Å². The van der Waals surface area contributed by atoms with Crippen molar-refractivity contribution < 1.29 is 4.74 Å². The third-order valence-electron chi connectivity index (χ3n) is 3.46. The molecule has 0 aliphatic heterocycles. The van der Waals surface area contributed by atoms with Crippen molar-refractivity contribution in [1.82, 2.24) is 14.5 Å². The standard InChI is InChI=1S/C16H17N3OS/c1-3-14(19-9-8-17-11-19)15-10-18-16(21-15)12-4-6-13(20-2)7-5-12/h4-11,14H,3H2,1-2H3. The van der Waals surface area contributed by atoms with Gasteiger partial charge < -0.3 is 9.30 Å². The molecule has 4 nitrogen and oxygen atoms in total. The Morgan fingerprint density at radius 3 is 2.71 bits per heavy atom. The maximum Gasteiger partial charge on any atom is 0.123 e. The van der Waals surface area contributed by atoms with Crippen LogP contribution in [-0.4, -0.2) is 21.6 Å². The number of hydrogen-bond acceptors (Lipinski definition) is 4. The molecule has 3 aromatic rings. The highest BCUT2D eigenvalue weighted by molar-refractivity contribution is 7.15. The minimum absolute atomic E-state index is 0.303. The van der Waals surface area contributed by atoms with Crippen LogP contribution in [0.5, 0.6) is 5.75 Å². The second-order valence-corrected chi connectivity index (χ2v) is 5.79. The van der Waals surface area contributed by atoms with E-state index >= 15 is 0 Å². The Hall–Kier alpha value is -2.14. The summed E-state index contributed by atoms with van der Waals surface area (Å²) in [6.45, 7) is 2.18. The van der Waals surface area contributed by atoms with E-state index < -0.39 is 0 Å². The van der Waals surface area contributed by atoms with Crippen LogP contribution in [0.15, 0.2) is 49.2 Å². The minimum atomic E-state index is 0.303. The molecule has 0 aliphatic rings. The van der Waals surface area contributed by atoms with Crippen molar-refractivity contribution in [2.24, 2.45) is 0 Å². The van der Waals surface area contributed by atoms with E-state index in [1.54, 1.807) is 18.4 Å². The Morgan fingerprint density at radius 1 is 1.29 bits per heavy atom. The molecule has 0 spiro atoms. The van der Waals surface area contributed by atoms with Crippen LogP contribution in [0, 0.1) is 0 Å². The van der Waals surface area contributed by atoms with Gasteiger partial charge in [0.2, 0.25) is 0 Å². The summed E-state index contributed by atoms with van der Waals surface area (Å²) < 4.78 is 7.32. The maximum atomic E-state index is 5.19. The molecule has 1 atom stereocenters. The molecule has 2 aromatic heterocycles. The quantitative estimate of drug-likeness (QED) is 0.714. The number of methoxy groups -OCH3 is 1. The summed E-state index contributed by atoms with van der Waals surface area (Å²) in [5, 5.41) is 1.03. The number of benzene rings is 1. The van der Waals surface area contributed by atoms with Gasteiger partial charge in [0.25, 0.3) is 0 Å². The van der Waals surface area contributed by atoms with Gasteiger partial charge in [-0.2, -0.15) is 0 Å². The predicted molar refractivity (Wildman–Crippen MR) is 84.8 cm³/mol. The Balaban J connectivity index is 1.88. The van der Waals surface area contributed by atoms with Crippen molar-refractivity contribution in [3.05, 3.63) is 54.1 Å². The van der Waals surface area contributed by atoms with Gasteiger partial charge in [-0.05, 0) is 30.7 Å². The molecule has 0 aliphatic carbocycles.